The van der Waals surface area contributed by atoms with Crippen molar-refractivity contribution in [2.45, 2.75) is 13.0 Å². The van der Waals surface area contributed by atoms with Gasteiger partial charge >= 0.3 is 5.97 Å². The van der Waals surface area contributed by atoms with E-state index in [1.165, 1.54) is 6.92 Å². The fraction of sp³-hybridized carbons (Fsp3) is 0.222. The molecule has 0 fully saturated rings. The van der Waals surface area contributed by atoms with Gasteiger partial charge in [-0.05, 0) is 19.1 Å². The van der Waals surface area contributed by atoms with Crippen LogP contribution in [0.1, 0.15) is 6.92 Å². The minimum absolute atomic E-state index is 0.403. The largest absolute Gasteiger partial charge is 0.479 e. The van der Waals surface area contributed by atoms with Crippen LogP contribution in [0.2, 0.25) is 0 Å². The van der Waals surface area contributed by atoms with Gasteiger partial charge in [-0.1, -0.05) is 0 Å². The third kappa shape index (κ3) is 2.42. The lowest BCUT2D eigenvalue weighted by molar-refractivity contribution is -0.144. The molecule has 0 aliphatic heterocycles. The minimum Gasteiger partial charge on any atom is -0.479 e. The molecule has 1 rings (SSSR count). The Kier molecular flexibility index (Phi) is 3.01. The van der Waals surface area contributed by atoms with E-state index in [9.17, 15) is 13.6 Å². The van der Waals surface area contributed by atoms with Gasteiger partial charge in [0, 0.05) is 6.07 Å². The number of hydrogen-bond acceptors (Lipinski definition) is 2. The van der Waals surface area contributed by atoms with E-state index in [4.69, 9.17) is 5.11 Å². The van der Waals surface area contributed by atoms with Gasteiger partial charge in [0.1, 0.15) is 5.82 Å². The summed E-state index contributed by atoms with van der Waals surface area (Å²) in [7, 11) is 0. The van der Waals surface area contributed by atoms with Gasteiger partial charge in [-0.25, -0.2) is 13.6 Å². The summed E-state index contributed by atoms with van der Waals surface area (Å²) in [6.07, 6.45) is -1.22. The van der Waals surface area contributed by atoms with Gasteiger partial charge in [-0.15, -0.1) is 0 Å². The molecule has 76 valence electrons. The molecule has 0 spiro atoms. The normalized spacial score (nSPS) is 12.2. The van der Waals surface area contributed by atoms with E-state index < -0.39 is 29.5 Å². The molecular weight excluding hydrogens is 194 g/mol. The van der Waals surface area contributed by atoms with Crippen LogP contribution in [0.5, 0.6) is 5.75 Å². The SMILES string of the molecule is CC(Oc1cc(F)ccc1F)C(=O)O. The third-order valence-corrected chi connectivity index (χ3v) is 1.54. The Labute approximate surface area is 78.9 Å². The summed E-state index contributed by atoms with van der Waals surface area (Å²) < 4.78 is 30.2. The van der Waals surface area contributed by atoms with E-state index in [2.05, 4.69) is 4.74 Å². The van der Waals surface area contributed by atoms with Crippen LogP contribution in [-0.2, 0) is 4.79 Å². The molecule has 1 aromatic carbocycles. The van der Waals surface area contributed by atoms with E-state index in [0.717, 1.165) is 18.2 Å². The molecule has 5 heteroatoms. The van der Waals surface area contributed by atoms with E-state index in [0.29, 0.717) is 0 Å². The molecule has 0 aliphatic rings. The summed E-state index contributed by atoms with van der Waals surface area (Å²) in [4.78, 5) is 10.4. The van der Waals surface area contributed by atoms with E-state index in [1.54, 1.807) is 0 Å². The van der Waals surface area contributed by atoms with Crippen LogP contribution in [0.15, 0.2) is 18.2 Å². The van der Waals surface area contributed by atoms with E-state index >= 15 is 0 Å². The number of carboxylic acids is 1. The standard InChI is InChI=1S/C9H8F2O3/c1-5(9(12)13)14-8-4-6(10)2-3-7(8)11/h2-5H,1H3,(H,12,13). The Morgan fingerprint density at radius 1 is 1.50 bits per heavy atom. The second-order valence-electron chi connectivity index (χ2n) is 2.67. The van der Waals surface area contributed by atoms with Crippen molar-refractivity contribution in [3.63, 3.8) is 0 Å². The smallest absolute Gasteiger partial charge is 0.344 e. The minimum atomic E-state index is -1.24. The van der Waals surface area contributed by atoms with Gasteiger partial charge in [0.05, 0.1) is 0 Å². The van der Waals surface area contributed by atoms with Crippen molar-refractivity contribution in [2.75, 3.05) is 0 Å². The van der Waals surface area contributed by atoms with Crippen molar-refractivity contribution >= 4 is 5.97 Å². The third-order valence-electron chi connectivity index (χ3n) is 1.54. The highest BCUT2D eigenvalue weighted by atomic mass is 19.1. The van der Waals surface area contributed by atoms with Gasteiger partial charge in [-0.2, -0.15) is 0 Å². The van der Waals surface area contributed by atoms with Crippen molar-refractivity contribution in [3.8, 4) is 5.75 Å². The predicted octanol–water partition coefficient (Wildman–Crippen LogP) is 1.82. The molecule has 3 nitrogen and oxygen atoms in total. The summed E-state index contributed by atoms with van der Waals surface area (Å²) in [5.74, 6) is -3.12. The number of carbonyl (C=O) groups is 1. The molecular formula is C9H8F2O3. The van der Waals surface area contributed by atoms with Crippen LogP contribution in [0.3, 0.4) is 0 Å². The molecule has 0 radical (unpaired) electrons. The molecule has 1 aromatic rings. The monoisotopic (exact) mass is 202 g/mol. The summed E-state index contributed by atoms with van der Waals surface area (Å²) in [6.45, 7) is 1.23. The Balaban J connectivity index is 2.85. The number of benzene rings is 1. The highest BCUT2D eigenvalue weighted by molar-refractivity contribution is 5.72. The van der Waals surface area contributed by atoms with Gasteiger partial charge in [0.15, 0.2) is 17.7 Å². The number of ether oxygens (including phenoxy) is 1. The second kappa shape index (κ2) is 4.04. The van der Waals surface area contributed by atoms with Crippen LogP contribution in [-0.4, -0.2) is 17.2 Å². The average Bonchev–Trinajstić information content (AvgIpc) is 2.11. The zero-order valence-corrected chi connectivity index (χ0v) is 7.33. The lowest BCUT2D eigenvalue weighted by Gasteiger charge is -2.10. The quantitative estimate of drug-likeness (QED) is 0.813. The average molecular weight is 202 g/mol. The van der Waals surface area contributed by atoms with Crippen LogP contribution in [0, 0.1) is 11.6 Å². The number of hydrogen-bond donors (Lipinski definition) is 1. The summed E-state index contributed by atoms with van der Waals surface area (Å²) in [5, 5.41) is 8.46. The molecule has 0 saturated heterocycles. The molecule has 0 amide bonds. The van der Waals surface area contributed by atoms with E-state index in [1.807, 2.05) is 0 Å². The number of rotatable bonds is 3. The maximum absolute atomic E-state index is 12.9. The first-order valence-electron chi connectivity index (χ1n) is 3.85. The zero-order chi connectivity index (χ0) is 10.7. The molecule has 0 bridgehead atoms. The fourth-order valence-corrected chi connectivity index (χ4v) is 0.808. The van der Waals surface area contributed by atoms with Gasteiger partial charge in [0.25, 0.3) is 0 Å². The molecule has 1 N–H and O–H groups in total. The van der Waals surface area contributed by atoms with Crippen molar-refractivity contribution in [1.29, 1.82) is 0 Å². The maximum Gasteiger partial charge on any atom is 0.344 e. The molecule has 1 atom stereocenters. The highest BCUT2D eigenvalue weighted by Gasteiger charge is 2.15. The lowest BCUT2D eigenvalue weighted by Crippen LogP contribution is -2.23. The molecule has 0 aromatic heterocycles. The van der Waals surface area contributed by atoms with Gasteiger partial charge in [0.2, 0.25) is 0 Å². The zero-order valence-electron chi connectivity index (χ0n) is 7.33. The summed E-state index contributed by atoms with van der Waals surface area (Å²) >= 11 is 0. The van der Waals surface area contributed by atoms with Crippen molar-refractivity contribution < 1.29 is 23.4 Å². The molecule has 0 saturated carbocycles. The van der Waals surface area contributed by atoms with Crippen LogP contribution in [0.4, 0.5) is 8.78 Å². The Bertz CT molecular complexity index is 352. The van der Waals surface area contributed by atoms with Gasteiger partial charge in [-0.3, -0.25) is 0 Å². The number of halogens is 2. The predicted molar refractivity (Wildman–Crippen MR) is 44.1 cm³/mol. The van der Waals surface area contributed by atoms with Crippen molar-refractivity contribution in [2.24, 2.45) is 0 Å². The molecule has 14 heavy (non-hydrogen) atoms. The Morgan fingerprint density at radius 2 is 2.14 bits per heavy atom. The van der Waals surface area contributed by atoms with Crippen LogP contribution >= 0.6 is 0 Å². The maximum atomic E-state index is 12.9. The first kappa shape index (κ1) is 10.4. The first-order chi connectivity index (χ1) is 6.50. The topological polar surface area (TPSA) is 46.5 Å². The lowest BCUT2D eigenvalue weighted by atomic mass is 10.3. The van der Waals surface area contributed by atoms with E-state index in [-0.39, 0.29) is 0 Å². The van der Waals surface area contributed by atoms with Crippen LogP contribution in [0.25, 0.3) is 0 Å². The van der Waals surface area contributed by atoms with Crippen LogP contribution < -0.4 is 4.74 Å². The van der Waals surface area contributed by atoms with Crippen molar-refractivity contribution in [1.82, 2.24) is 0 Å². The molecule has 1 unspecified atom stereocenters. The Hall–Kier alpha value is -1.65. The van der Waals surface area contributed by atoms with Gasteiger partial charge < -0.3 is 9.84 Å². The van der Waals surface area contributed by atoms with Crippen molar-refractivity contribution in [3.05, 3.63) is 29.8 Å². The fourth-order valence-electron chi connectivity index (χ4n) is 0.808. The summed E-state index contributed by atoms with van der Waals surface area (Å²) in [5.41, 5.74) is 0. The number of aliphatic carboxylic acids is 1. The molecule has 0 heterocycles. The summed E-state index contributed by atoms with van der Waals surface area (Å²) in [6, 6.07) is 2.60. The first-order valence-corrected chi connectivity index (χ1v) is 3.85. The Morgan fingerprint density at radius 3 is 2.71 bits per heavy atom. The highest BCUT2D eigenvalue weighted by Crippen LogP contribution is 2.19. The second-order valence-corrected chi connectivity index (χ2v) is 2.67. The number of carboxylic acid groups (broad SMARTS) is 1. The molecule has 0 aliphatic carbocycles.